The van der Waals surface area contributed by atoms with E-state index >= 15 is 0 Å². The highest BCUT2D eigenvalue weighted by Crippen LogP contribution is 2.35. The van der Waals surface area contributed by atoms with Crippen LogP contribution in [0.2, 0.25) is 0 Å². The first kappa shape index (κ1) is 20.6. The van der Waals surface area contributed by atoms with E-state index < -0.39 is 0 Å². The van der Waals surface area contributed by atoms with Gasteiger partial charge in [-0.3, -0.25) is 0 Å². The van der Waals surface area contributed by atoms with Gasteiger partial charge in [-0.2, -0.15) is 0 Å². The Hall–Kier alpha value is -2.62. The van der Waals surface area contributed by atoms with Crippen LogP contribution in [0.1, 0.15) is 40.0 Å². The first-order valence-electron chi connectivity index (χ1n) is 11.2. The fourth-order valence-corrected chi connectivity index (χ4v) is 5.07. The molecule has 30 heavy (non-hydrogen) atoms. The zero-order valence-corrected chi connectivity index (χ0v) is 18.5. The smallest absolute Gasteiger partial charge is 0.348 e. The number of aromatic nitrogens is 2. The summed E-state index contributed by atoms with van der Waals surface area (Å²) in [6, 6.07) is 18.5. The van der Waals surface area contributed by atoms with Crippen LogP contribution in [0.4, 0.5) is 0 Å². The second-order valence-electron chi connectivity index (χ2n) is 9.18. The fourth-order valence-electron chi connectivity index (χ4n) is 5.07. The van der Waals surface area contributed by atoms with Crippen molar-refractivity contribution >= 4 is 17.0 Å². The lowest BCUT2D eigenvalue weighted by molar-refractivity contribution is -0.634. The van der Waals surface area contributed by atoms with Gasteiger partial charge in [0.05, 0.1) is 12.6 Å². The van der Waals surface area contributed by atoms with Crippen molar-refractivity contribution < 1.29 is 14.1 Å². The molecular formula is C26H33N2O2+. The third kappa shape index (κ3) is 4.00. The molecule has 0 N–H and O–H groups in total. The minimum atomic E-state index is -0.140. The van der Waals surface area contributed by atoms with Crippen LogP contribution in [0.3, 0.4) is 0 Å². The van der Waals surface area contributed by atoms with Crippen LogP contribution in [-0.4, -0.2) is 16.6 Å². The second kappa shape index (κ2) is 8.63. The third-order valence-electron chi connectivity index (χ3n) is 6.67. The molecule has 1 saturated carbocycles. The maximum atomic E-state index is 13.1. The van der Waals surface area contributed by atoms with Crippen LogP contribution in [0.5, 0.6) is 0 Å². The van der Waals surface area contributed by atoms with Gasteiger partial charge in [-0.1, -0.05) is 57.5 Å². The van der Waals surface area contributed by atoms with Crippen molar-refractivity contribution in [3.63, 3.8) is 0 Å². The summed E-state index contributed by atoms with van der Waals surface area (Å²) in [5, 5.41) is 0. The molecule has 4 rings (SSSR count). The van der Waals surface area contributed by atoms with Crippen LogP contribution in [0.25, 0.3) is 22.4 Å². The average molecular weight is 406 g/mol. The van der Waals surface area contributed by atoms with Crippen LogP contribution >= 0.6 is 0 Å². The lowest BCUT2D eigenvalue weighted by Gasteiger charge is -2.36. The maximum Gasteiger partial charge on any atom is 0.348 e. The Morgan fingerprint density at radius 3 is 2.53 bits per heavy atom. The number of rotatable bonds is 5. The molecule has 1 aromatic heterocycles. The molecule has 0 saturated heterocycles. The molecule has 4 heteroatoms. The summed E-state index contributed by atoms with van der Waals surface area (Å²) in [5.74, 6) is 2.48. The number of para-hydroxylation sites is 2. The molecular weight excluding hydrogens is 372 g/mol. The number of benzene rings is 2. The van der Waals surface area contributed by atoms with Crippen molar-refractivity contribution in [3.05, 3.63) is 54.6 Å². The number of hydrogen-bond donors (Lipinski definition) is 0. The highest BCUT2D eigenvalue weighted by Gasteiger charge is 2.34. The molecule has 1 fully saturated rings. The van der Waals surface area contributed by atoms with Gasteiger partial charge in [-0.05, 0) is 54.9 Å². The molecule has 4 nitrogen and oxygen atoms in total. The van der Waals surface area contributed by atoms with Crippen LogP contribution in [0, 0.1) is 17.8 Å². The lowest BCUT2D eigenvalue weighted by Crippen LogP contribution is -2.37. The SMILES string of the molecule is CC(C)[C@@H]1CC[C@H](C)C[C@H]1OC(=O)Cn1c(-c2ccccc2)[n+](C)c2ccccc21. The molecule has 0 aliphatic heterocycles. The van der Waals surface area contributed by atoms with E-state index in [0.29, 0.717) is 17.8 Å². The molecule has 0 amide bonds. The molecule has 0 radical (unpaired) electrons. The Balaban J connectivity index is 1.66. The van der Waals surface area contributed by atoms with Gasteiger partial charge in [-0.25, -0.2) is 13.9 Å². The van der Waals surface area contributed by atoms with Crippen molar-refractivity contribution in [1.82, 2.24) is 4.57 Å². The number of hydrogen-bond acceptors (Lipinski definition) is 2. The van der Waals surface area contributed by atoms with Crippen molar-refractivity contribution in [1.29, 1.82) is 0 Å². The third-order valence-corrected chi connectivity index (χ3v) is 6.67. The minimum absolute atomic E-state index is 0.0250. The monoisotopic (exact) mass is 405 g/mol. The number of aryl methyl sites for hydroxylation is 1. The molecule has 3 aromatic rings. The van der Waals surface area contributed by atoms with Gasteiger partial charge in [0, 0.05) is 0 Å². The Bertz CT molecular complexity index is 1020. The molecule has 1 aliphatic rings. The molecule has 158 valence electrons. The van der Waals surface area contributed by atoms with E-state index in [2.05, 4.69) is 61.2 Å². The Morgan fingerprint density at radius 2 is 1.80 bits per heavy atom. The predicted molar refractivity (Wildman–Crippen MR) is 120 cm³/mol. The number of ether oxygens (including phenoxy) is 1. The Kier molecular flexibility index (Phi) is 5.94. The highest BCUT2D eigenvalue weighted by molar-refractivity contribution is 5.79. The number of carbonyl (C=O) groups excluding carboxylic acids is 1. The first-order chi connectivity index (χ1) is 14.5. The minimum Gasteiger partial charge on any atom is -0.459 e. The van der Waals surface area contributed by atoms with E-state index in [1.807, 2.05) is 30.3 Å². The molecule has 3 atom stereocenters. The topological polar surface area (TPSA) is 35.1 Å². The van der Waals surface area contributed by atoms with Gasteiger partial charge in [0.25, 0.3) is 5.82 Å². The van der Waals surface area contributed by atoms with Gasteiger partial charge in [0.2, 0.25) is 0 Å². The van der Waals surface area contributed by atoms with Crippen molar-refractivity contribution in [2.45, 2.75) is 52.7 Å². The Labute approximate surface area is 179 Å². The average Bonchev–Trinajstić information content (AvgIpc) is 3.00. The van der Waals surface area contributed by atoms with E-state index in [1.54, 1.807) is 0 Å². The number of esters is 1. The van der Waals surface area contributed by atoms with Gasteiger partial charge < -0.3 is 4.74 Å². The summed E-state index contributed by atoms with van der Waals surface area (Å²) in [6.45, 7) is 6.98. The molecule has 0 unspecified atom stereocenters. The largest absolute Gasteiger partial charge is 0.459 e. The van der Waals surface area contributed by atoms with Crippen molar-refractivity contribution in [2.75, 3.05) is 0 Å². The number of carbonyl (C=O) groups is 1. The van der Waals surface area contributed by atoms with Gasteiger partial charge in [-0.15, -0.1) is 0 Å². The summed E-state index contributed by atoms with van der Waals surface area (Å²) in [6.07, 6.45) is 3.37. The van der Waals surface area contributed by atoms with Gasteiger partial charge >= 0.3 is 5.97 Å². The van der Waals surface area contributed by atoms with Gasteiger partial charge in [0.1, 0.15) is 6.10 Å². The number of nitrogens with zero attached hydrogens (tertiary/aromatic N) is 2. The van der Waals surface area contributed by atoms with Crippen LogP contribution in [-0.2, 0) is 23.1 Å². The molecule has 0 bridgehead atoms. The lowest BCUT2D eigenvalue weighted by atomic mass is 9.75. The van der Waals surface area contributed by atoms with Crippen molar-refractivity contribution in [3.8, 4) is 11.4 Å². The molecule has 1 heterocycles. The Morgan fingerprint density at radius 1 is 1.10 bits per heavy atom. The number of fused-ring (bicyclic) bond motifs is 1. The molecule has 2 aromatic carbocycles. The van der Waals surface area contributed by atoms with Crippen LogP contribution < -0.4 is 4.57 Å². The summed E-state index contributed by atoms with van der Waals surface area (Å²) < 4.78 is 10.4. The zero-order valence-electron chi connectivity index (χ0n) is 18.5. The molecule has 1 aliphatic carbocycles. The zero-order chi connectivity index (χ0) is 21.3. The van der Waals surface area contributed by atoms with E-state index in [-0.39, 0.29) is 18.6 Å². The summed E-state index contributed by atoms with van der Waals surface area (Å²) in [4.78, 5) is 13.1. The van der Waals surface area contributed by atoms with Gasteiger partial charge in [0.15, 0.2) is 17.6 Å². The van der Waals surface area contributed by atoms with E-state index in [1.165, 1.54) is 6.42 Å². The van der Waals surface area contributed by atoms with Crippen LogP contribution in [0.15, 0.2) is 54.6 Å². The summed E-state index contributed by atoms with van der Waals surface area (Å²) >= 11 is 0. The fraction of sp³-hybridized carbons (Fsp3) is 0.462. The quantitative estimate of drug-likeness (QED) is 0.435. The number of imidazole rings is 1. The standard InChI is InChI=1S/C26H33N2O2/c1-18(2)21-15-14-19(3)16-24(21)30-25(29)17-28-23-13-9-8-12-22(23)27(4)26(28)20-10-6-5-7-11-20/h5-13,18-19,21,24H,14-17H2,1-4H3/q+1/t19-,21-,24+/m0/s1. The first-order valence-corrected chi connectivity index (χ1v) is 11.2. The summed E-state index contributed by atoms with van der Waals surface area (Å²) in [7, 11) is 2.06. The molecule has 0 spiro atoms. The predicted octanol–water partition coefficient (Wildman–Crippen LogP) is 5.14. The normalized spacial score (nSPS) is 21.8. The maximum absolute atomic E-state index is 13.1. The van der Waals surface area contributed by atoms with E-state index in [4.69, 9.17) is 4.74 Å². The highest BCUT2D eigenvalue weighted by atomic mass is 16.5. The summed E-state index contributed by atoms with van der Waals surface area (Å²) in [5.41, 5.74) is 3.25. The van der Waals surface area contributed by atoms with E-state index in [0.717, 1.165) is 35.3 Å². The van der Waals surface area contributed by atoms with E-state index in [9.17, 15) is 4.79 Å². The second-order valence-corrected chi connectivity index (χ2v) is 9.18. The van der Waals surface area contributed by atoms with Crippen molar-refractivity contribution in [2.24, 2.45) is 24.8 Å².